The first-order valence-electron chi connectivity index (χ1n) is 5.68. The molecule has 0 bridgehead atoms. The number of hydrogen-bond acceptors (Lipinski definition) is 5. The second-order valence-electron chi connectivity index (χ2n) is 3.87. The van der Waals surface area contributed by atoms with Gasteiger partial charge in [0.05, 0.1) is 13.7 Å². The van der Waals surface area contributed by atoms with Crippen LogP contribution in [0.4, 0.5) is 0 Å². The maximum Gasteiger partial charge on any atom is 0.338 e. The number of aryl methyl sites for hydroxylation is 1. The predicted octanol–water partition coefficient (Wildman–Crippen LogP) is 0.961. The minimum absolute atomic E-state index is 0.153. The molecule has 0 saturated carbocycles. The lowest BCUT2D eigenvalue weighted by Gasteiger charge is -2.17. The van der Waals surface area contributed by atoms with Gasteiger partial charge in [-0.15, -0.1) is 0 Å². The van der Waals surface area contributed by atoms with Crippen LogP contribution in [0.5, 0.6) is 5.75 Å². The molecule has 1 rings (SSSR count). The number of rotatable bonds is 5. The fourth-order valence-electron chi connectivity index (χ4n) is 1.56. The molecule has 0 heterocycles. The summed E-state index contributed by atoms with van der Waals surface area (Å²) < 4.78 is 9.76. The quantitative estimate of drug-likeness (QED) is 0.765. The monoisotopic (exact) mass is 254 g/mol. The van der Waals surface area contributed by atoms with Crippen LogP contribution in [0.3, 0.4) is 0 Å². The maximum atomic E-state index is 11.3. The molecule has 1 aromatic rings. The largest absolute Gasteiger partial charge is 0.496 e. The summed E-state index contributed by atoms with van der Waals surface area (Å²) in [6.45, 7) is 3.64. The number of carbonyl (C=O) groups excluding carboxylic acids is 1. The number of aliphatic hydroxyl groups is 2. The molecule has 2 N–H and O–H groups in total. The molecule has 5 heteroatoms. The van der Waals surface area contributed by atoms with Gasteiger partial charge in [0.15, 0.2) is 6.10 Å². The van der Waals surface area contributed by atoms with E-state index in [1.54, 1.807) is 25.1 Å². The van der Waals surface area contributed by atoms with Gasteiger partial charge in [-0.1, -0.05) is 12.1 Å². The minimum atomic E-state index is -1.60. The van der Waals surface area contributed by atoms with Gasteiger partial charge in [0.2, 0.25) is 0 Å². The molecule has 0 aromatic heterocycles. The van der Waals surface area contributed by atoms with E-state index in [-0.39, 0.29) is 6.61 Å². The number of ether oxygens (including phenoxy) is 2. The molecular formula is C13H18O5. The maximum absolute atomic E-state index is 11.3. The van der Waals surface area contributed by atoms with E-state index in [1.807, 2.05) is 6.92 Å². The van der Waals surface area contributed by atoms with Crippen molar-refractivity contribution in [3.63, 3.8) is 0 Å². The summed E-state index contributed by atoms with van der Waals surface area (Å²) in [5, 5.41) is 19.5. The Labute approximate surface area is 106 Å². The molecule has 2 atom stereocenters. The molecule has 1 aromatic carbocycles. The first kappa shape index (κ1) is 14.5. The standard InChI is InChI=1S/C13H18O5/c1-4-18-13(16)12(15)11(14)9-6-5-8(2)10(7-9)17-3/h5-7,11-12,14-15H,4H2,1-3H3. The van der Waals surface area contributed by atoms with Crippen LogP contribution >= 0.6 is 0 Å². The van der Waals surface area contributed by atoms with E-state index in [2.05, 4.69) is 4.74 Å². The van der Waals surface area contributed by atoms with Crippen LogP contribution in [-0.2, 0) is 9.53 Å². The molecule has 0 aliphatic rings. The van der Waals surface area contributed by atoms with E-state index in [4.69, 9.17) is 4.74 Å². The zero-order chi connectivity index (χ0) is 13.7. The lowest BCUT2D eigenvalue weighted by atomic mass is 10.0. The predicted molar refractivity (Wildman–Crippen MR) is 65.3 cm³/mol. The van der Waals surface area contributed by atoms with Crippen molar-refractivity contribution in [2.75, 3.05) is 13.7 Å². The topological polar surface area (TPSA) is 76.0 Å². The van der Waals surface area contributed by atoms with Gasteiger partial charge in [-0.05, 0) is 31.0 Å². The molecule has 18 heavy (non-hydrogen) atoms. The van der Waals surface area contributed by atoms with Gasteiger partial charge in [-0.25, -0.2) is 4.79 Å². The average molecular weight is 254 g/mol. The number of benzene rings is 1. The van der Waals surface area contributed by atoms with E-state index in [9.17, 15) is 15.0 Å². The van der Waals surface area contributed by atoms with Gasteiger partial charge in [0, 0.05) is 0 Å². The average Bonchev–Trinajstić information content (AvgIpc) is 2.38. The third kappa shape index (κ3) is 3.21. The Morgan fingerprint density at radius 1 is 1.39 bits per heavy atom. The summed E-state index contributed by atoms with van der Waals surface area (Å²) in [4.78, 5) is 11.3. The number of methoxy groups -OCH3 is 1. The molecule has 0 aliphatic carbocycles. The molecule has 0 radical (unpaired) electrons. The molecule has 0 fully saturated rings. The molecule has 0 saturated heterocycles. The highest BCUT2D eigenvalue weighted by Gasteiger charge is 2.27. The van der Waals surface area contributed by atoms with Gasteiger partial charge in [0.25, 0.3) is 0 Å². The van der Waals surface area contributed by atoms with Crippen molar-refractivity contribution in [1.29, 1.82) is 0 Å². The van der Waals surface area contributed by atoms with Crippen LogP contribution in [0.15, 0.2) is 18.2 Å². The van der Waals surface area contributed by atoms with Crippen LogP contribution in [0.25, 0.3) is 0 Å². The summed E-state index contributed by atoms with van der Waals surface area (Å²) in [7, 11) is 1.51. The van der Waals surface area contributed by atoms with Crippen molar-refractivity contribution in [3.05, 3.63) is 29.3 Å². The third-order valence-electron chi connectivity index (χ3n) is 2.60. The fourth-order valence-corrected chi connectivity index (χ4v) is 1.56. The van der Waals surface area contributed by atoms with E-state index < -0.39 is 18.2 Å². The lowest BCUT2D eigenvalue weighted by Crippen LogP contribution is -2.29. The summed E-state index contributed by atoms with van der Waals surface area (Å²) in [6.07, 6.45) is -2.93. The van der Waals surface area contributed by atoms with Gasteiger partial charge in [0.1, 0.15) is 11.9 Å². The Kier molecular flexibility index (Phi) is 5.12. The van der Waals surface area contributed by atoms with Crippen LogP contribution in [0.1, 0.15) is 24.2 Å². The third-order valence-corrected chi connectivity index (χ3v) is 2.60. The summed E-state index contributed by atoms with van der Waals surface area (Å²) in [5.74, 6) is -0.257. The number of hydrogen-bond donors (Lipinski definition) is 2. The molecule has 2 unspecified atom stereocenters. The van der Waals surface area contributed by atoms with Crippen molar-refractivity contribution in [1.82, 2.24) is 0 Å². The van der Waals surface area contributed by atoms with Crippen molar-refractivity contribution >= 4 is 5.97 Å². The van der Waals surface area contributed by atoms with E-state index in [0.29, 0.717) is 11.3 Å². The fraction of sp³-hybridized carbons (Fsp3) is 0.462. The van der Waals surface area contributed by atoms with E-state index in [0.717, 1.165) is 5.56 Å². The van der Waals surface area contributed by atoms with Crippen LogP contribution in [-0.4, -0.2) is 36.0 Å². The first-order valence-corrected chi connectivity index (χ1v) is 5.68. The molecule has 0 aliphatic heterocycles. The zero-order valence-electron chi connectivity index (χ0n) is 10.7. The van der Waals surface area contributed by atoms with Crippen LogP contribution in [0.2, 0.25) is 0 Å². The van der Waals surface area contributed by atoms with E-state index >= 15 is 0 Å². The van der Waals surface area contributed by atoms with Crippen LogP contribution < -0.4 is 4.74 Å². The minimum Gasteiger partial charge on any atom is -0.496 e. The van der Waals surface area contributed by atoms with Gasteiger partial charge in [-0.2, -0.15) is 0 Å². The van der Waals surface area contributed by atoms with Gasteiger partial charge >= 0.3 is 5.97 Å². The van der Waals surface area contributed by atoms with Crippen LogP contribution in [0, 0.1) is 6.92 Å². The Bertz CT molecular complexity index is 416. The second kappa shape index (κ2) is 6.37. The Morgan fingerprint density at radius 2 is 2.06 bits per heavy atom. The van der Waals surface area contributed by atoms with Gasteiger partial charge in [-0.3, -0.25) is 0 Å². The number of carbonyl (C=O) groups is 1. The summed E-state index contributed by atoms with van der Waals surface area (Å²) in [5.41, 5.74) is 1.30. The first-order chi connectivity index (χ1) is 8.51. The molecule has 0 amide bonds. The van der Waals surface area contributed by atoms with E-state index in [1.165, 1.54) is 7.11 Å². The molecule has 5 nitrogen and oxygen atoms in total. The molecule has 0 spiro atoms. The molecular weight excluding hydrogens is 236 g/mol. The van der Waals surface area contributed by atoms with Crippen molar-refractivity contribution in [2.45, 2.75) is 26.1 Å². The second-order valence-corrected chi connectivity index (χ2v) is 3.87. The lowest BCUT2D eigenvalue weighted by molar-refractivity contribution is -0.159. The van der Waals surface area contributed by atoms with Gasteiger partial charge < -0.3 is 19.7 Å². The highest BCUT2D eigenvalue weighted by molar-refractivity contribution is 5.75. The Balaban J connectivity index is 2.89. The smallest absolute Gasteiger partial charge is 0.338 e. The van der Waals surface area contributed by atoms with Crippen molar-refractivity contribution in [3.8, 4) is 5.75 Å². The highest BCUT2D eigenvalue weighted by Crippen LogP contribution is 2.25. The number of aliphatic hydroxyl groups excluding tert-OH is 2. The van der Waals surface area contributed by atoms with Crippen molar-refractivity contribution < 1.29 is 24.5 Å². The summed E-state index contributed by atoms with van der Waals surface area (Å²) in [6, 6.07) is 4.96. The van der Waals surface area contributed by atoms with Crippen molar-refractivity contribution in [2.24, 2.45) is 0 Å². The zero-order valence-corrected chi connectivity index (χ0v) is 10.7. The Hall–Kier alpha value is -1.59. The SMILES string of the molecule is CCOC(=O)C(O)C(O)c1ccc(C)c(OC)c1. The number of esters is 1. The summed E-state index contributed by atoms with van der Waals surface area (Å²) >= 11 is 0. The normalized spacial score (nSPS) is 13.8. The molecule has 100 valence electrons. The highest BCUT2D eigenvalue weighted by atomic mass is 16.5. The Morgan fingerprint density at radius 3 is 2.61 bits per heavy atom.